The van der Waals surface area contributed by atoms with E-state index < -0.39 is 41.1 Å². The van der Waals surface area contributed by atoms with Crippen molar-refractivity contribution in [1.29, 1.82) is 0 Å². The summed E-state index contributed by atoms with van der Waals surface area (Å²) in [6.45, 7) is 10.5. The summed E-state index contributed by atoms with van der Waals surface area (Å²) in [5, 5.41) is 21.4. The lowest BCUT2D eigenvalue weighted by Gasteiger charge is -2.33. The Morgan fingerprint density at radius 3 is 2.42 bits per heavy atom. The zero-order chi connectivity index (χ0) is 19.9. The summed E-state index contributed by atoms with van der Waals surface area (Å²) in [5.41, 5.74) is -1.37. The zero-order valence-electron chi connectivity index (χ0n) is 16.7. The van der Waals surface area contributed by atoms with Crippen LogP contribution in [0.15, 0.2) is 11.3 Å². The first kappa shape index (κ1) is 20.9. The van der Waals surface area contributed by atoms with E-state index in [0.717, 1.165) is 5.57 Å². The van der Waals surface area contributed by atoms with Crippen molar-refractivity contribution in [2.24, 2.45) is 11.8 Å². The molecule has 6 atom stereocenters. The number of aliphatic hydroxyl groups is 2. The Balaban J connectivity index is 2.42. The summed E-state index contributed by atoms with van der Waals surface area (Å²) < 4.78 is 11.5. The number of carbonyl (C=O) groups excluding carboxylic acids is 2. The summed E-state index contributed by atoms with van der Waals surface area (Å²) in [5.74, 6) is -1.41. The molecule has 0 aromatic carbocycles. The maximum Gasteiger partial charge on any atom is 0.311 e. The monoisotopic (exact) mass is 368 g/mol. The van der Waals surface area contributed by atoms with Gasteiger partial charge >= 0.3 is 5.97 Å². The number of hydrogen-bond donors (Lipinski definition) is 2. The van der Waals surface area contributed by atoms with E-state index >= 15 is 0 Å². The molecule has 0 amide bonds. The molecule has 1 saturated heterocycles. The normalized spacial score (nSPS) is 42.5. The average molecular weight is 368 g/mol. The number of Topliss-reactive ketones (excluding diaryl/α,β-unsaturated/α-hetero) is 1. The van der Waals surface area contributed by atoms with Crippen LogP contribution >= 0.6 is 0 Å². The number of cyclic esters (lactones) is 1. The second kappa shape index (κ2) is 7.31. The molecule has 2 rings (SSSR count). The number of allylic oxidation sites excluding steroid dienone is 1. The Labute approximate surface area is 155 Å². The van der Waals surface area contributed by atoms with Gasteiger partial charge in [0.1, 0.15) is 17.5 Å². The van der Waals surface area contributed by atoms with Gasteiger partial charge in [0, 0.05) is 6.42 Å². The van der Waals surface area contributed by atoms with Crippen LogP contribution in [0.3, 0.4) is 0 Å². The molecule has 0 saturated carbocycles. The number of fused-ring (bicyclic) bond motifs is 2. The van der Waals surface area contributed by atoms with E-state index in [0.29, 0.717) is 25.0 Å². The number of esters is 1. The van der Waals surface area contributed by atoms with Gasteiger partial charge in [0.2, 0.25) is 0 Å². The van der Waals surface area contributed by atoms with Gasteiger partial charge in [0.25, 0.3) is 0 Å². The fraction of sp³-hybridized carbons (Fsp3) is 0.800. The lowest BCUT2D eigenvalue weighted by molar-refractivity contribution is -0.176. The summed E-state index contributed by atoms with van der Waals surface area (Å²) in [7, 11) is 0. The first-order valence-electron chi connectivity index (χ1n) is 9.43. The molecule has 2 unspecified atom stereocenters. The predicted octanol–water partition coefficient (Wildman–Crippen LogP) is 2.51. The molecule has 0 aromatic rings. The maximum absolute atomic E-state index is 12.8. The minimum atomic E-state index is -1.82. The average Bonchev–Trinajstić information content (AvgIpc) is 2.83. The van der Waals surface area contributed by atoms with Crippen molar-refractivity contribution in [3.63, 3.8) is 0 Å². The van der Waals surface area contributed by atoms with E-state index in [2.05, 4.69) is 0 Å². The molecule has 2 aliphatic heterocycles. The standard InChI is InChI=1S/C20H32O6/c1-7-16-20(6,24)15(21)8-14-11(2)9-19(5,26-14)10-12(3)17(22)13(4)18(23)25-16/h12-13,16-17,22,24H,7-10H2,1-6H3/t12?,13-,16?,17+,19+,20+/m1/s1. The number of hydrogen-bond acceptors (Lipinski definition) is 6. The third-order valence-electron chi connectivity index (χ3n) is 5.85. The molecule has 0 radical (unpaired) electrons. The molecular weight excluding hydrogens is 336 g/mol. The minimum absolute atomic E-state index is 0.0328. The van der Waals surface area contributed by atoms with Crippen LogP contribution in [0.5, 0.6) is 0 Å². The second-order valence-corrected chi connectivity index (χ2v) is 8.47. The molecule has 148 valence electrons. The molecule has 26 heavy (non-hydrogen) atoms. The van der Waals surface area contributed by atoms with E-state index in [4.69, 9.17) is 9.47 Å². The highest BCUT2D eigenvalue weighted by atomic mass is 16.6. The van der Waals surface area contributed by atoms with E-state index in [1.165, 1.54) is 6.92 Å². The van der Waals surface area contributed by atoms with E-state index in [9.17, 15) is 19.8 Å². The number of carbonyl (C=O) groups is 2. The molecule has 0 spiro atoms. The number of ether oxygens (including phenoxy) is 2. The molecular formula is C20H32O6. The summed E-state index contributed by atoms with van der Waals surface area (Å²) in [6.07, 6.45) is -0.402. The Hall–Kier alpha value is -1.40. The molecule has 0 aromatic heterocycles. The summed E-state index contributed by atoms with van der Waals surface area (Å²) >= 11 is 0. The van der Waals surface area contributed by atoms with Crippen molar-refractivity contribution in [1.82, 2.24) is 0 Å². The lowest BCUT2D eigenvalue weighted by atomic mass is 9.82. The topological polar surface area (TPSA) is 93.1 Å². The minimum Gasteiger partial charge on any atom is -0.491 e. The van der Waals surface area contributed by atoms with Crippen LogP contribution in [0.25, 0.3) is 0 Å². The van der Waals surface area contributed by atoms with Crippen molar-refractivity contribution < 1.29 is 29.3 Å². The molecule has 2 bridgehead atoms. The predicted molar refractivity (Wildman–Crippen MR) is 96.2 cm³/mol. The highest BCUT2D eigenvalue weighted by Crippen LogP contribution is 2.41. The first-order chi connectivity index (χ1) is 11.9. The number of aliphatic hydroxyl groups excluding tert-OH is 1. The molecule has 6 heteroatoms. The summed E-state index contributed by atoms with van der Waals surface area (Å²) in [6, 6.07) is 0. The maximum atomic E-state index is 12.8. The van der Waals surface area contributed by atoms with E-state index in [1.807, 2.05) is 20.8 Å². The third-order valence-corrected chi connectivity index (χ3v) is 5.85. The van der Waals surface area contributed by atoms with Crippen molar-refractivity contribution in [3.8, 4) is 0 Å². The van der Waals surface area contributed by atoms with Crippen molar-refractivity contribution >= 4 is 11.8 Å². The fourth-order valence-electron chi connectivity index (χ4n) is 4.16. The summed E-state index contributed by atoms with van der Waals surface area (Å²) in [4.78, 5) is 25.2. The highest BCUT2D eigenvalue weighted by molar-refractivity contribution is 5.89. The van der Waals surface area contributed by atoms with Crippen LogP contribution in [-0.2, 0) is 19.1 Å². The second-order valence-electron chi connectivity index (χ2n) is 8.47. The van der Waals surface area contributed by atoms with Crippen LogP contribution in [0.1, 0.15) is 67.2 Å². The van der Waals surface area contributed by atoms with Gasteiger partial charge < -0.3 is 19.7 Å². The van der Waals surface area contributed by atoms with E-state index in [-0.39, 0.29) is 12.3 Å². The van der Waals surface area contributed by atoms with Gasteiger partial charge in [0.15, 0.2) is 11.4 Å². The van der Waals surface area contributed by atoms with Gasteiger partial charge in [0.05, 0.1) is 18.4 Å². The first-order valence-corrected chi connectivity index (χ1v) is 9.43. The van der Waals surface area contributed by atoms with Crippen LogP contribution in [0.2, 0.25) is 0 Å². The van der Waals surface area contributed by atoms with Crippen molar-refractivity contribution in [3.05, 3.63) is 11.3 Å². The van der Waals surface area contributed by atoms with Gasteiger partial charge in [-0.1, -0.05) is 13.8 Å². The van der Waals surface area contributed by atoms with E-state index in [1.54, 1.807) is 13.8 Å². The molecule has 2 N–H and O–H groups in total. The fourth-order valence-corrected chi connectivity index (χ4v) is 4.16. The van der Waals surface area contributed by atoms with Gasteiger partial charge in [-0.25, -0.2) is 0 Å². The quantitative estimate of drug-likeness (QED) is 0.691. The zero-order valence-corrected chi connectivity index (χ0v) is 16.7. The Bertz CT molecular complexity index is 607. The van der Waals surface area contributed by atoms with Gasteiger partial charge in [-0.05, 0) is 52.0 Å². The largest absolute Gasteiger partial charge is 0.491 e. The SMILES string of the molecule is CCC1OC(=O)[C@H](C)[C@@H](O)C(C)C[C@]2(C)CC(C)=C(CC(=O)[C@]1(C)O)O2. The lowest BCUT2D eigenvalue weighted by Crippen LogP contribution is -2.50. The van der Waals surface area contributed by atoms with Crippen LogP contribution in [-0.4, -0.2) is 45.4 Å². The van der Waals surface area contributed by atoms with Gasteiger partial charge in [-0.3, -0.25) is 9.59 Å². The third kappa shape index (κ3) is 3.96. The molecule has 1 fully saturated rings. The van der Waals surface area contributed by atoms with Gasteiger partial charge in [-0.2, -0.15) is 0 Å². The van der Waals surface area contributed by atoms with Crippen molar-refractivity contribution in [2.75, 3.05) is 0 Å². The highest BCUT2D eigenvalue weighted by Gasteiger charge is 2.46. The number of ketones is 1. The van der Waals surface area contributed by atoms with Crippen LogP contribution in [0, 0.1) is 11.8 Å². The smallest absolute Gasteiger partial charge is 0.311 e. The molecule has 2 aliphatic rings. The molecule has 2 heterocycles. The van der Waals surface area contributed by atoms with Gasteiger partial charge in [-0.15, -0.1) is 0 Å². The number of rotatable bonds is 1. The molecule has 0 aliphatic carbocycles. The molecule has 6 nitrogen and oxygen atoms in total. The Morgan fingerprint density at radius 1 is 1.23 bits per heavy atom. The Kier molecular flexibility index (Phi) is 5.88. The van der Waals surface area contributed by atoms with Crippen molar-refractivity contribution in [2.45, 2.75) is 90.6 Å². The van der Waals surface area contributed by atoms with Crippen LogP contribution < -0.4 is 0 Å². The van der Waals surface area contributed by atoms with Crippen LogP contribution in [0.4, 0.5) is 0 Å². The Morgan fingerprint density at radius 2 is 1.85 bits per heavy atom.